The van der Waals surface area contributed by atoms with Crippen molar-refractivity contribution in [2.75, 3.05) is 99.3 Å². The van der Waals surface area contributed by atoms with E-state index in [9.17, 15) is 9.59 Å². The number of pyridine rings is 1. The topological polar surface area (TPSA) is 180 Å². The number of carbonyl (C=O) groups is 3. The van der Waals surface area contributed by atoms with E-state index in [0.29, 0.717) is 103 Å². The number of aromatic nitrogens is 3. The van der Waals surface area contributed by atoms with Gasteiger partial charge in [0, 0.05) is 110 Å². The monoisotopic (exact) mass is 1050 g/mol. The van der Waals surface area contributed by atoms with E-state index in [1.54, 1.807) is 12.1 Å². The van der Waals surface area contributed by atoms with Crippen LogP contribution in [0.4, 0.5) is 0 Å². The summed E-state index contributed by atoms with van der Waals surface area (Å²) in [6.07, 6.45) is 4.41. The first-order valence-electron chi connectivity index (χ1n) is 27.0. The molecule has 7 fully saturated rings. The number of esters is 1. The summed E-state index contributed by atoms with van der Waals surface area (Å²) in [6, 6.07) is 6.07. The van der Waals surface area contributed by atoms with E-state index < -0.39 is 35.6 Å². The molecule has 6 saturated heterocycles. The number of methoxy groups -OCH3 is 1. The van der Waals surface area contributed by atoms with Gasteiger partial charge in [-0.1, -0.05) is 38.7 Å². The van der Waals surface area contributed by atoms with Crippen LogP contribution in [-0.2, 0) is 60.5 Å². The summed E-state index contributed by atoms with van der Waals surface area (Å²) in [6.45, 7) is 16.9. The van der Waals surface area contributed by atoms with Crippen LogP contribution in [0.5, 0.6) is 0 Å². The van der Waals surface area contributed by atoms with Crippen LogP contribution in [-0.4, -0.2) is 177 Å². The predicted molar refractivity (Wildman–Crippen MR) is 280 cm³/mol. The highest BCUT2D eigenvalue weighted by Gasteiger charge is 2.53. The number of fused-ring (bicyclic) bond motifs is 4. The van der Waals surface area contributed by atoms with Crippen LogP contribution in [0, 0.1) is 29.1 Å². The number of carbonyl (C=O) groups excluding carboxylic acids is 3. The second-order valence-corrected chi connectivity index (χ2v) is 23.0. The molecule has 12 rings (SSSR count). The van der Waals surface area contributed by atoms with Crippen LogP contribution in [0.25, 0.3) is 33.4 Å². The minimum absolute atomic E-state index is 0.000595. The van der Waals surface area contributed by atoms with E-state index in [0.717, 1.165) is 76.2 Å². The highest BCUT2D eigenvalue weighted by Crippen LogP contribution is 2.44. The van der Waals surface area contributed by atoms with Gasteiger partial charge in [0.05, 0.1) is 88.1 Å². The lowest BCUT2D eigenvalue weighted by Gasteiger charge is -2.53. The summed E-state index contributed by atoms with van der Waals surface area (Å²) >= 11 is 1.48. The molecule has 7 aliphatic heterocycles. The van der Waals surface area contributed by atoms with Crippen molar-refractivity contribution in [2.24, 2.45) is 17.3 Å². The van der Waals surface area contributed by atoms with E-state index in [1.165, 1.54) is 11.3 Å². The smallest absolute Gasteiger partial charge is 0.325 e. The molecule has 1 aliphatic carbocycles. The van der Waals surface area contributed by atoms with Crippen molar-refractivity contribution < 1.29 is 47.5 Å². The van der Waals surface area contributed by atoms with E-state index in [1.807, 2.05) is 20.0 Å². The molecule has 0 radical (unpaired) electrons. The number of hydrazine groups is 1. The molecule has 8 aliphatic rings. The van der Waals surface area contributed by atoms with Gasteiger partial charge >= 0.3 is 5.97 Å². The molecule has 0 unspecified atom stereocenters. The maximum absolute atomic E-state index is 15.3. The second kappa shape index (κ2) is 22.6. The van der Waals surface area contributed by atoms with Gasteiger partial charge in [-0.2, -0.15) is 0 Å². The van der Waals surface area contributed by atoms with Crippen molar-refractivity contribution in [1.29, 1.82) is 0 Å². The number of ether oxygens (including phenoxy) is 7. The van der Waals surface area contributed by atoms with Crippen molar-refractivity contribution in [3.05, 3.63) is 57.7 Å². The Morgan fingerprint density at radius 2 is 1.79 bits per heavy atom. The number of cyclic esters (lactones) is 1. The van der Waals surface area contributed by atoms with E-state index in [4.69, 9.17) is 43.1 Å². The van der Waals surface area contributed by atoms with E-state index >= 15 is 4.79 Å². The highest BCUT2D eigenvalue weighted by molar-refractivity contribution is 7.10. The van der Waals surface area contributed by atoms with Gasteiger partial charge in [0.25, 0.3) is 5.91 Å². The SMILES string of the molecule is CO[C@@H](C)c1ncc(C#CCN2CCOCC2)cc1-c1c2c3cc(ccc3n1CCOC1CCOCC1)-c1csc(n1)[C@@H](N1CCOCC1)[C@H](NC(=O)[C@H]1OC[C@@H]1C)C(=O)N1N[C@H](C(=O)OCC(C)(C)C2)C2CC1C2. The van der Waals surface area contributed by atoms with Gasteiger partial charge in [0.1, 0.15) is 23.2 Å². The molecule has 2 N–H and O–H groups in total. The minimum atomic E-state index is -1.06. The standard InChI is InChI=1S/C56H72N8O10S/c1-34-31-73-51(34)52(65)59-48-50(62-15-22-71-23-16-62)53-58-44(32-75-53)37-8-9-45-41(28-37)43(29-56(3,4)33-74-55(67)47-38-26-39(27-38)64(60-47)54(48)66)49(63(45)17-24-72-40-10-18-69-19-11-40)42-25-36(30-57-46(42)35(2)68-5)7-6-12-61-13-20-70-21-14-61/h8-9,25,28,30,32,34-35,38-40,47-48,50-51,60H,10-24,26-27,29,31,33H2,1-5H3,(H,59,65)/t34-,35-,38?,39?,47-,48-,50-,51-/m0/s1. The largest absolute Gasteiger partial charge is 0.464 e. The number of thiazole rings is 1. The average molecular weight is 1050 g/mol. The van der Waals surface area contributed by atoms with Crippen LogP contribution < -0.4 is 10.7 Å². The Morgan fingerprint density at radius 3 is 2.52 bits per heavy atom. The van der Waals surface area contributed by atoms with Gasteiger partial charge in [-0.25, -0.2) is 10.4 Å². The molecule has 19 heteroatoms. The third kappa shape index (κ3) is 11.0. The van der Waals surface area contributed by atoms with Crippen molar-refractivity contribution in [3.8, 4) is 34.4 Å². The fourth-order valence-corrected chi connectivity index (χ4v) is 12.8. The molecule has 18 nitrogen and oxygen atoms in total. The summed E-state index contributed by atoms with van der Waals surface area (Å²) in [7, 11) is 1.71. The minimum Gasteiger partial charge on any atom is -0.464 e. The zero-order chi connectivity index (χ0) is 51.8. The Labute approximate surface area is 443 Å². The fourth-order valence-electron chi connectivity index (χ4n) is 11.8. The first kappa shape index (κ1) is 52.2. The molecule has 2 amide bonds. The molecule has 4 aromatic rings. The summed E-state index contributed by atoms with van der Waals surface area (Å²) < 4.78 is 44.3. The van der Waals surface area contributed by atoms with E-state index in [2.05, 4.69) is 80.4 Å². The molecule has 402 valence electrons. The van der Waals surface area contributed by atoms with Crippen LogP contribution in [0.1, 0.15) is 87.4 Å². The van der Waals surface area contributed by atoms with Crippen molar-refractivity contribution in [3.63, 3.8) is 0 Å². The number of amides is 2. The third-order valence-electron chi connectivity index (χ3n) is 16.3. The zero-order valence-electron chi connectivity index (χ0n) is 44.0. The Balaban J connectivity index is 1.07. The van der Waals surface area contributed by atoms with Gasteiger partial charge in [-0.3, -0.25) is 34.2 Å². The number of rotatable bonds is 11. The molecular weight excluding hydrogens is 977 g/mol. The average Bonchev–Trinajstić information content (AvgIpc) is 4.02. The lowest BCUT2D eigenvalue weighted by molar-refractivity contribution is -0.174. The number of nitrogens with zero attached hydrogens (tertiary/aromatic N) is 6. The van der Waals surface area contributed by atoms with Gasteiger partial charge in [0.2, 0.25) is 5.91 Å². The second-order valence-electron chi connectivity index (χ2n) is 22.1. The van der Waals surface area contributed by atoms with Gasteiger partial charge in [-0.05, 0) is 68.7 Å². The summed E-state index contributed by atoms with van der Waals surface area (Å²) in [4.78, 5) is 59.0. The molecular formula is C56H72N8O10S. The van der Waals surface area contributed by atoms with Crippen LogP contribution in [0.3, 0.4) is 0 Å². The molecule has 75 heavy (non-hydrogen) atoms. The first-order chi connectivity index (χ1) is 36.4. The number of benzene rings is 1. The maximum Gasteiger partial charge on any atom is 0.325 e. The molecule has 3 aromatic heterocycles. The zero-order valence-corrected chi connectivity index (χ0v) is 44.8. The van der Waals surface area contributed by atoms with Crippen molar-refractivity contribution in [1.82, 2.24) is 40.1 Å². The van der Waals surface area contributed by atoms with Gasteiger partial charge in [0.15, 0.2) is 0 Å². The van der Waals surface area contributed by atoms with Gasteiger partial charge in [-0.15, -0.1) is 11.3 Å². The molecule has 1 saturated carbocycles. The molecule has 0 spiro atoms. The normalized spacial score (nSPS) is 28.1. The number of morpholine rings is 2. The molecule has 10 heterocycles. The Morgan fingerprint density at radius 1 is 1.03 bits per heavy atom. The van der Waals surface area contributed by atoms with E-state index in [-0.39, 0.29) is 48.5 Å². The fraction of sp³-hybridized carbons (Fsp3) is 0.625. The predicted octanol–water partition coefficient (Wildman–Crippen LogP) is 4.93. The third-order valence-corrected chi connectivity index (χ3v) is 17.2. The lowest BCUT2D eigenvalue weighted by Crippen LogP contribution is -2.72. The van der Waals surface area contributed by atoms with Crippen LogP contribution >= 0.6 is 11.3 Å². The van der Waals surface area contributed by atoms with Crippen molar-refractivity contribution in [2.45, 2.75) is 109 Å². The lowest BCUT2D eigenvalue weighted by atomic mass is 9.73. The highest BCUT2D eigenvalue weighted by atomic mass is 32.1. The summed E-state index contributed by atoms with van der Waals surface area (Å²) in [5.41, 5.74) is 9.95. The van der Waals surface area contributed by atoms with Gasteiger partial charge < -0.3 is 43.0 Å². The quantitative estimate of drug-likeness (QED) is 0.153. The summed E-state index contributed by atoms with van der Waals surface area (Å²) in [5, 5.41) is 8.56. The number of hydrogen-bond donors (Lipinski definition) is 2. The Bertz CT molecular complexity index is 2780. The Kier molecular flexibility index (Phi) is 15.7. The summed E-state index contributed by atoms with van der Waals surface area (Å²) in [5.74, 6) is 5.80. The Hall–Kier alpha value is -4.85. The maximum atomic E-state index is 15.3. The molecule has 1 aromatic carbocycles. The number of hydrogen-bond acceptors (Lipinski definition) is 16. The molecule has 6 atom stereocenters. The van der Waals surface area contributed by atoms with Crippen LogP contribution in [0.2, 0.25) is 0 Å². The number of nitrogens with one attached hydrogen (secondary N) is 2. The molecule has 8 bridgehead atoms. The van der Waals surface area contributed by atoms with Crippen LogP contribution in [0.15, 0.2) is 35.8 Å². The van der Waals surface area contributed by atoms with Crippen molar-refractivity contribution >= 4 is 40.0 Å². The first-order valence-corrected chi connectivity index (χ1v) is 27.9.